The first-order valence-corrected chi connectivity index (χ1v) is 27.6. The van der Waals surface area contributed by atoms with Gasteiger partial charge < -0.3 is 14.4 Å². The summed E-state index contributed by atoms with van der Waals surface area (Å²) < 4.78 is 16.1. The van der Waals surface area contributed by atoms with Gasteiger partial charge in [0.05, 0.1) is 22.2 Å². The van der Waals surface area contributed by atoms with Crippen molar-refractivity contribution in [2.24, 2.45) is 0 Å². The molecule has 364 valence electrons. The Labute approximate surface area is 456 Å². The number of nitrogens with zero attached hydrogens (tertiary/aromatic N) is 1. The number of thiophene rings is 1. The van der Waals surface area contributed by atoms with Crippen molar-refractivity contribution in [2.75, 3.05) is 4.90 Å². The normalized spacial score (nSPS) is 14.1. The maximum Gasteiger partial charge on any atom is 0.132 e. The molecule has 0 radical (unpaired) electrons. The summed E-state index contributed by atoms with van der Waals surface area (Å²) in [7, 11) is 0. The first kappa shape index (κ1) is 43.5. The third-order valence-electron chi connectivity index (χ3n) is 17.2. The summed E-state index contributed by atoms with van der Waals surface area (Å²) in [5.41, 5.74) is 21.2. The summed E-state index contributed by atoms with van der Waals surface area (Å²) in [4.78, 5) is 2.53. The molecule has 3 nitrogen and oxygen atoms in total. The van der Waals surface area contributed by atoms with Gasteiger partial charge in [-0.15, -0.1) is 11.3 Å². The molecule has 0 fully saturated rings. The zero-order valence-corrected chi connectivity index (χ0v) is 43.0. The first-order chi connectivity index (χ1) is 38.7. The molecule has 0 N–H and O–H groups in total. The van der Waals surface area contributed by atoms with Crippen molar-refractivity contribution in [2.45, 2.75) is 10.8 Å². The van der Waals surface area contributed by atoms with Crippen molar-refractivity contribution in [1.82, 2.24) is 0 Å². The van der Waals surface area contributed by atoms with Gasteiger partial charge in [-0.1, -0.05) is 212 Å². The van der Waals surface area contributed by atoms with Gasteiger partial charge in [-0.05, 0) is 116 Å². The zero-order valence-electron chi connectivity index (χ0n) is 42.2. The van der Waals surface area contributed by atoms with E-state index in [1.165, 1.54) is 75.8 Å². The highest BCUT2D eigenvalue weighted by atomic mass is 32.1. The highest BCUT2D eigenvalue weighted by Crippen LogP contribution is 2.66. The Hall–Kier alpha value is -9.74. The minimum absolute atomic E-state index is 0.557. The quantitative estimate of drug-likeness (QED) is 0.171. The average Bonchev–Trinajstić information content (AvgIpc) is 3.06. The van der Waals surface area contributed by atoms with Gasteiger partial charge in [0, 0.05) is 59.2 Å². The topological polar surface area (TPSA) is 21.7 Å². The Morgan fingerprint density at radius 3 is 1.41 bits per heavy atom. The van der Waals surface area contributed by atoms with Gasteiger partial charge in [0.25, 0.3) is 0 Å². The predicted octanol–water partition coefficient (Wildman–Crippen LogP) is 19.8. The van der Waals surface area contributed by atoms with E-state index in [0.717, 1.165) is 73.4 Å². The van der Waals surface area contributed by atoms with Crippen LogP contribution in [-0.2, 0) is 10.8 Å². The van der Waals surface area contributed by atoms with Crippen molar-refractivity contribution in [3.8, 4) is 67.5 Å². The lowest BCUT2D eigenvalue weighted by atomic mass is 9.66. The lowest BCUT2D eigenvalue weighted by Gasteiger charge is -2.39. The number of benzene rings is 12. The molecule has 0 saturated heterocycles. The van der Waals surface area contributed by atoms with Crippen LogP contribution in [0.25, 0.3) is 64.7 Å². The molecule has 2 aliphatic heterocycles. The molecule has 0 bridgehead atoms. The second kappa shape index (κ2) is 16.4. The van der Waals surface area contributed by atoms with E-state index in [-0.39, 0.29) is 0 Å². The molecule has 2 spiro atoms. The van der Waals surface area contributed by atoms with E-state index in [1.807, 2.05) is 11.3 Å². The zero-order chi connectivity index (χ0) is 51.1. The molecule has 4 aliphatic rings. The third-order valence-corrected chi connectivity index (χ3v) is 18.5. The minimum Gasteiger partial charge on any atom is -0.457 e. The fourth-order valence-corrected chi connectivity index (χ4v) is 15.4. The summed E-state index contributed by atoms with van der Waals surface area (Å²) in [5.74, 6) is 3.54. The minimum atomic E-state index is -0.629. The Morgan fingerprint density at radius 2 is 0.744 bits per heavy atom. The number of rotatable bonds is 5. The predicted molar refractivity (Wildman–Crippen MR) is 320 cm³/mol. The van der Waals surface area contributed by atoms with Gasteiger partial charge in [-0.3, -0.25) is 0 Å². The second-order valence-corrected chi connectivity index (χ2v) is 22.0. The molecule has 4 heteroatoms. The van der Waals surface area contributed by atoms with Crippen LogP contribution in [0.15, 0.2) is 273 Å². The molecule has 0 atom stereocenters. The highest BCUT2D eigenvalue weighted by Gasteiger charge is 2.53. The summed E-state index contributed by atoms with van der Waals surface area (Å²) in [6.07, 6.45) is 0. The smallest absolute Gasteiger partial charge is 0.132 e. The van der Waals surface area contributed by atoms with Crippen LogP contribution in [-0.4, -0.2) is 0 Å². The number of anilines is 3. The average molecular weight is 1010 g/mol. The first-order valence-electron chi connectivity index (χ1n) is 26.8. The van der Waals surface area contributed by atoms with Gasteiger partial charge >= 0.3 is 0 Å². The van der Waals surface area contributed by atoms with E-state index in [4.69, 9.17) is 9.47 Å². The van der Waals surface area contributed by atoms with Gasteiger partial charge in [-0.2, -0.15) is 0 Å². The molecule has 12 aromatic carbocycles. The van der Waals surface area contributed by atoms with Crippen molar-refractivity contribution in [1.29, 1.82) is 0 Å². The molecule has 78 heavy (non-hydrogen) atoms. The van der Waals surface area contributed by atoms with E-state index in [2.05, 4.69) is 278 Å². The SMILES string of the molecule is c1ccc2c(c1)Oc1ccccc1C21c2ccccc2-c2cc(-c3ccccc3N(c3ccc(-c4cccc5c4sc4ccccc45)cc3)c3cccc4c3-c3ccccc3C43c4ccccc4Oc4ccccc43)ccc21. The maximum atomic E-state index is 6.78. The fourth-order valence-electron chi connectivity index (χ4n) is 14.2. The Morgan fingerprint density at radius 1 is 0.295 bits per heavy atom. The number of fused-ring (bicyclic) bond motifs is 21. The largest absolute Gasteiger partial charge is 0.457 e. The van der Waals surface area contributed by atoms with Crippen LogP contribution in [0.2, 0.25) is 0 Å². The summed E-state index contributed by atoms with van der Waals surface area (Å²) in [6.45, 7) is 0. The molecule has 3 heterocycles. The molecule has 2 aliphatic carbocycles. The summed E-state index contributed by atoms with van der Waals surface area (Å²) in [5, 5.41) is 2.60. The van der Waals surface area contributed by atoms with E-state index in [1.54, 1.807) is 0 Å². The maximum absolute atomic E-state index is 6.78. The van der Waals surface area contributed by atoms with Crippen LogP contribution < -0.4 is 14.4 Å². The number of hydrogen-bond acceptors (Lipinski definition) is 4. The molecule has 17 rings (SSSR count). The Bertz CT molecular complexity index is 4570. The number of ether oxygens (including phenoxy) is 2. The summed E-state index contributed by atoms with van der Waals surface area (Å²) in [6, 6.07) is 100. The lowest BCUT2D eigenvalue weighted by molar-refractivity contribution is 0.436. The molecular formula is C74H45NO2S. The van der Waals surface area contributed by atoms with E-state index in [9.17, 15) is 0 Å². The van der Waals surface area contributed by atoms with Crippen LogP contribution in [0.5, 0.6) is 23.0 Å². The molecular weight excluding hydrogens is 967 g/mol. The van der Waals surface area contributed by atoms with Crippen molar-refractivity contribution < 1.29 is 9.47 Å². The van der Waals surface area contributed by atoms with Gasteiger partial charge in [-0.25, -0.2) is 0 Å². The van der Waals surface area contributed by atoms with E-state index in [0.29, 0.717) is 0 Å². The lowest BCUT2D eigenvalue weighted by Crippen LogP contribution is -2.32. The third kappa shape index (κ3) is 5.76. The number of para-hydroxylation sites is 5. The number of hydrogen-bond donors (Lipinski definition) is 0. The second-order valence-electron chi connectivity index (χ2n) is 20.9. The fraction of sp³-hybridized carbons (Fsp3) is 0.0270. The highest BCUT2D eigenvalue weighted by molar-refractivity contribution is 7.26. The summed E-state index contributed by atoms with van der Waals surface area (Å²) >= 11 is 1.87. The van der Waals surface area contributed by atoms with E-state index < -0.39 is 10.8 Å². The monoisotopic (exact) mass is 1010 g/mol. The molecule has 1 aromatic heterocycles. The molecule has 0 unspecified atom stereocenters. The van der Waals surface area contributed by atoms with Gasteiger partial charge in [0.15, 0.2) is 0 Å². The van der Waals surface area contributed by atoms with Gasteiger partial charge in [0.1, 0.15) is 23.0 Å². The van der Waals surface area contributed by atoms with Crippen molar-refractivity contribution in [3.63, 3.8) is 0 Å². The van der Waals surface area contributed by atoms with Crippen LogP contribution in [0.1, 0.15) is 44.5 Å². The van der Waals surface area contributed by atoms with Crippen LogP contribution >= 0.6 is 11.3 Å². The van der Waals surface area contributed by atoms with Crippen molar-refractivity contribution in [3.05, 3.63) is 317 Å². The van der Waals surface area contributed by atoms with Crippen LogP contribution in [0.3, 0.4) is 0 Å². The van der Waals surface area contributed by atoms with Crippen LogP contribution in [0.4, 0.5) is 17.1 Å². The standard InChI is InChI=1S/C74H45NO2S/c1-5-25-56-51(20-1)55-45-47(41-44-58(55)73(56)59-27-7-12-34-66(59)76-67-35-13-8-28-60(67)73)49-19-3-11-32-64(49)75(48-42-39-46(40-43-48)50-23-17-24-53-52-21-4-16-38-70(52)78-72(50)53)65-33-18-31-63-71(65)54-22-2-6-26-57(54)74(63)61-29-9-14-36-68(61)77-69-37-15-10-30-62(69)74/h1-45H. The van der Waals surface area contributed by atoms with E-state index >= 15 is 0 Å². The van der Waals surface area contributed by atoms with Crippen molar-refractivity contribution >= 4 is 48.6 Å². The van der Waals surface area contributed by atoms with Crippen LogP contribution in [0, 0.1) is 0 Å². The Balaban J connectivity index is 0.905. The van der Waals surface area contributed by atoms with Gasteiger partial charge in [0.2, 0.25) is 0 Å². The molecule has 0 saturated carbocycles. The molecule has 0 amide bonds. The Kier molecular flexibility index (Phi) is 9.14. The molecule has 13 aromatic rings.